The molecule has 0 N–H and O–H groups in total. The average molecular weight is 465 g/mol. The van der Waals surface area contributed by atoms with E-state index in [-0.39, 0.29) is 6.61 Å². The lowest BCUT2D eigenvalue weighted by Crippen LogP contribution is -2.60. The van der Waals surface area contributed by atoms with Gasteiger partial charge in [0.05, 0.1) is 15.9 Å². The molecule has 1 aliphatic rings. The lowest BCUT2D eigenvalue weighted by molar-refractivity contribution is -0.248. The number of halogens is 1. The molecule has 7 nitrogen and oxygen atoms in total. The Morgan fingerprint density at radius 1 is 0.875 bits per heavy atom. The monoisotopic (exact) mass is 464 g/mol. The maximum absolute atomic E-state index is 12.0. The molecule has 1 heterocycles. The number of carbonyl (C=O) groups is 2. The van der Waals surface area contributed by atoms with Gasteiger partial charge in [-0.3, -0.25) is 9.59 Å². The summed E-state index contributed by atoms with van der Waals surface area (Å²) in [4.78, 5) is 23.4. The van der Waals surface area contributed by atoms with E-state index < -0.39 is 55.1 Å². The highest BCUT2D eigenvalue weighted by Gasteiger charge is 2.49. The number of benzene rings is 2. The summed E-state index contributed by atoms with van der Waals surface area (Å²) in [7, 11) is 0. The third-order valence-electron chi connectivity index (χ3n) is 4.65. The van der Waals surface area contributed by atoms with Crippen LogP contribution in [0.4, 0.5) is 0 Å². The van der Waals surface area contributed by atoms with Crippen LogP contribution in [0.1, 0.15) is 27.7 Å². The second-order valence-corrected chi connectivity index (χ2v) is 7.59. The third kappa shape index (κ3) is 7.03. The van der Waals surface area contributed by atoms with Gasteiger partial charge in [0.1, 0.15) is 24.9 Å². The Hall–Kier alpha value is -2.45. The second kappa shape index (κ2) is 12.0. The van der Waals surface area contributed by atoms with Crippen LogP contribution in [-0.4, -0.2) is 48.5 Å². The SMILES string of the molecule is [2H]C(O[C@H]1[C@H](OC(C)=O)[C@H](OC([2H])c2ccccc2)C(Cl)O[C@@H]1COC(C)=O)c1ccccc1. The van der Waals surface area contributed by atoms with E-state index >= 15 is 0 Å². The molecule has 0 aliphatic carbocycles. The van der Waals surface area contributed by atoms with Gasteiger partial charge < -0.3 is 23.7 Å². The van der Waals surface area contributed by atoms with E-state index in [0.717, 1.165) is 0 Å². The molecule has 2 aromatic carbocycles. The fraction of sp³-hybridized carbons (Fsp3) is 0.417. The molecule has 0 saturated carbocycles. The summed E-state index contributed by atoms with van der Waals surface area (Å²) in [5, 5.41) is 0. The number of esters is 2. The van der Waals surface area contributed by atoms with E-state index in [4.69, 9.17) is 38.0 Å². The Bertz CT molecular complexity index is 933. The van der Waals surface area contributed by atoms with E-state index in [0.29, 0.717) is 11.1 Å². The molecule has 172 valence electrons. The summed E-state index contributed by atoms with van der Waals surface area (Å²) in [6.07, 6.45) is -4.26. The average Bonchev–Trinajstić information content (AvgIpc) is 2.82. The first-order valence-corrected chi connectivity index (χ1v) is 10.6. The van der Waals surface area contributed by atoms with Crippen molar-refractivity contribution in [2.75, 3.05) is 6.61 Å². The van der Waals surface area contributed by atoms with Gasteiger partial charge in [0.25, 0.3) is 0 Å². The quantitative estimate of drug-likeness (QED) is 0.414. The highest BCUT2D eigenvalue weighted by atomic mass is 35.5. The van der Waals surface area contributed by atoms with Crippen molar-refractivity contribution in [2.24, 2.45) is 0 Å². The third-order valence-corrected chi connectivity index (χ3v) is 5.00. The first-order valence-electron chi connectivity index (χ1n) is 11.3. The smallest absolute Gasteiger partial charge is 0.303 e. The molecule has 8 heteroatoms. The van der Waals surface area contributed by atoms with Gasteiger partial charge in [0, 0.05) is 13.8 Å². The largest absolute Gasteiger partial charge is 0.463 e. The summed E-state index contributed by atoms with van der Waals surface area (Å²) in [5.74, 6) is -1.18. The van der Waals surface area contributed by atoms with Gasteiger partial charge >= 0.3 is 11.9 Å². The lowest BCUT2D eigenvalue weighted by Gasteiger charge is -2.43. The van der Waals surface area contributed by atoms with Gasteiger partial charge in [-0.1, -0.05) is 72.3 Å². The number of alkyl halides is 1. The van der Waals surface area contributed by atoms with Crippen LogP contribution in [0.5, 0.6) is 0 Å². The molecule has 2 aromatic rings. The second-order valence-electron chi connectivity index (χ2n) is 7.16. The number of hydrogen-bond donors (Lipinski definition) is 0. The minimum atomic E-state index is -1.17. The lowest BCUT2D eigenvalue weighted by atomic mass is 9.99. The molecule has 3 unspecified atom stereocenters. The topological polar surface area (TPSA) is 80.3 Å². The van der Waals surface area contributed by atoms with Crippen molar-refractivity contribution in [1.82, 2.24) is 0 Å². The fourth-order valence-corrected chi connectivity index (χ4v) is 3.55. The Morgan fingerprint density at radius 2 is 1.41 bits per heavy atom. The highest BCUT2D eigenvalue weighted by Crippen LogP contribution is 2.31. The zero-order valence-corrected chi connectivity index (χ0v) is 18.5. The molecule has 0 bridgehead atoms. The van der Waals surface area contributed by atoms with Crippen LogP contribution in [0.25, 0.3) is 0 Å². The van der Waals surface area contributed by atoms with Crippen LogP contribution in [0.3, 0.4) is 0 Å². The Morgan fingerprint density at radius 3 is 1.91 bits per heavy atom. The fourth-order valence-electron chi connectivity index (χ4n) is 3.21. The molecule has 3 rings (SSSR count). The van der Waals surface area contributed by atoms with Gasteiger partial charge in [-0.2, -0.15) is 0 Å². The van der Waals surface area contributed by atoms with Crippen LogP contribution >= 0.6 is 11.6 Å². The summed E-state index contributed by atoms with van der Waals surface area (Å²) in [6.45, 7) is -0.0906. The number of ether oxygens (including phenoxy) is 5. The van der Waals surface area contributed by atoms with Crippen molar-refractivity contribution in [3.8, 4) is 0 Å². The minimum absolute atomic E-state index is 0.238. The molecule has 0 spiro atoms. The van der Waals surface area contributed by atoms with Crippen molar-refractivity contribution in [1.29, 1.82) is 0 Å². The standard InChI is InChI=1S/C24H27ClO7/c1-16(26)28-15-20-21(29-13-18-9-5-3-6-10-18)22(31-17(2)27)23(24(25)32-20)30-14-19-11-7-4-8-12-19/h3-12,20-24H,13-15H2,1-2H3/t20-,21-,22+,23+,24?/m1/s1/i13D,14D/t13?,14?,20-,21-,22+,23+,24?. The van der Waals surface area contributed by atoms with Crippen LogP contribution in [0.2, 0.25) is 0 Å². The van der Waals surface area contributed by atoms with Gasteiger partial charge in [-0.25, -0.2) is 0 Å². The first-order chi connectivity index (χ1) is 16.3. The molecule has 1 saturated heterocycles. The molecule has 1 fully saturated rings. The van der Waals surface area contributed by atoms with Crippen LogP contribution < -0.4 is 0 Å². The molecular weight excluding hydrogens is 436 g/mol. The minimum Gasteiger partial charge on any atom is -0.463 e. The van der Waals surface area contributed by atoms with Crippen molar-refractivity contribution in [3.05, 3.63) is 71.8 Å². The van der Waals surface area contributed by atoms with E-state index in [1.807, 2.05) is 12.1 Å². The predicted octanol–water partition coefficient (Wildman–Crippen LogP) is 3.62. The van der Waals surface area contributed by atoms with Crippen molar-refractivity contribution >= 4 is 23.5 Å². The zero-order valence-electron chi connectivity index (χ0n) is 19.8. The van der Waals surface area contributed by atoms with Crippen molar-refractivity contribution in [3.63, 3.8) is 0 Å². The van der Waals surface area contributed by atoms with E-state index in [1.165, 1.54) is 13.8 Å². The molecule has 0 radical (unpaired) electrons. The Balaban J connectivity index is 1.90. The van der Waals surface area contributed by atoms with Crippen molar-refractivity contribution < 1.29 is 36.0 Å². The Kier molecular flexibility index (Phi) is 8.00. The van der Waals surface area contributed by atoms with Crippen molar-refractivity contribution in [2.45, 2.75) is 57.0 Å². The molecule has 0 amide bonds. The first kappa shape index (κ1) is 21.4. The molecule has 1 aliphatic heterocycles. The van der Waals surface area contributed by atoms with E-state index in [9.17, 15) is 9.59 Å². The highest BCUT2D eigenvalue weighted by molar-refractivity contribution is 6.20. The predicted molar refractivity (Wildman–Crippen MR) is 117 cm³/mol. The molecule has 7 atom stereocenters. The number of hydrogen-bond acceptors (Lipinski definition) is 7. The van der Waals surface area contributed by atoms with E-state index in [1.54, 1.807) is 48.5 Å². The summed E-state index contributed by atoms with van der Waals surface area (Å²) < 4.78 is 45.2. The summed E-state index contributed by atoms with van der Waals surface area (Å²) >= 11 is 6.46. The molecular formula is C24H27ClO7. The van der Waals surface area contributed by atoms with E-state index in [2.05, 4.69) is 0 Å². The number of rotatable bonds is 9. The zero-order chi connectivity index (χ0) is 24.7. The van der Waals surface area contributed by atoms with Crippen LogP contribution in [0, 0.1) is 0 Å². The summed E-state index contributed by atoms with van der Waals surface area (Å²) in [5.41, 5.74) is -0.0271. The van der Waals surface area contributed by atoms with Gasteiger partial charge in [0.2, 0.25) is 0 Å². The number of carbonyl (C=O) groups excluding carboxylic acids is 2. The van der Waals surface area contributed by atoms with Gasteiger partial charge in [-0.05, 0) is 11.1 Å². The normalized spacial score (nSPS) is 28.0. The molecule has 32 heavy (non-hydrogen) atoms. The van der Waals surface area contributed by atoms with Crippen LogP contribution in [-0.2, 0) is 46.4 Å². The van der Waals surface area contributed by atoms with Gasteiger partial charge in [0.15, 0.2) is 11.7 Å². The van der Waals surface area contributed by atoms with Gasteiger partial charge in [-0.15, -0.1) is 0 Å². The maximum atomic E-state index is 12.0. The summed E-state index contributed by atoms with van der Waals surface area (Å²) in [6, 6.07) is 17.6. The maximum Gasteiger partial charge on any atom is 0.303 e. The van der Waals surface area contributed by atoms with Crippen LogP contribution in [0.15, 0.2) is 60.7 Å². The Labute approximate surface area is 195 Å². The molecule has 0 aromatic heterocycles.